The standard InChI is InChI=1S/C18H21N3O3S/c1-4-20(15-7-5-13(2)6-8-15)19-18(22)14(3)25-17-11-9-16(10-12-17)21(23)24/h5-12,14H,4H2,1-3H3,(H,19,22)/t14-/m0/s1. The third kappa shape index (κ3) is 5.22. The fourth-order valence-corrected chi connectivity index (χ4v) is 3.04. The van der Waals surface area contributed by atoms with Gasteiger partial charge in [-0.25, -0.2) is 0 Å². The Morgan fingerprint density at radius 1 is 1.20 bits per heavy atom. The van der Waals surface area contributed by atoms with Crippen molar-refractivity contribution in [1.82, 2.24) is 5.43 Å². The molecule has 0 fully saturated rings. The van der Waals surface area contributed by atoms with E-state index in [0.717, 1.165) is 16.1 Å². The molecule has 1 amide bonds. The highest BCUT2D eigenvalue weighted by molar-refractivity contribution is 8.00. The first-order chi connectivity index (χ1) is 11.9. The lowest BCUT2D eigenvalue weighted by molar-refractivity contribution is -0.384. The number of hydrogen-bond donors (Lipinski definition) is 1. The van der Waals surface area contributed by atoms with Gasteiger partial charge in [0.25, 0.3) is 11.6 Å². The molecule has 0 unspecified atom stereocenters. The molecule has 6 nitrogen and oxygen atoms in total. The van der Waals surface area contributed by atoms with Crippen LogP contribution in [0.1, 0.15) is 19.4 Å². The first-order valence-electron chi connectivity index (χ1n) is 7.96. The number of thioether (sulfide) groups is 1. The molecular weight excluding hydrogens is 338 g/mol. The summed E-state index contributed by atoms with van der Waals surface area (Å²) in [5.41, 5.74) is 5.04. The number of nitro groups is 1. The van der Waals surface area contributed by atoms with Crippen molar-refractivity contribution in [2.75, 3.05) is 11.6 Å². The van der Waals surface area contributed by atoms with Crippen molar-refractivity contribution in [3.05, 3.63) is 64.2 Å². The number of nitrogens with zero attached hydrogens (tertiary/aromatic N) is 2. The number of rotatable bonds is 7. The van der Waals surface area contributed by atoms with Gasteiger partial charge in [0.2, 0.25) is 0 Å². The van der Waals surface area contributed by atoms with Crippen molar-refractivity contribution in [1.29, 1.82) is 0 Å². The van der Waals surface area contributed by atoms with Crippen molar-refractivity contribution < 1.29 is 9.72 Å². The summed E-state index contributed by atoms with van der Waals surface area (Å²) >= 11 is 1.36. The first-order valence-corrected chi connectivity index (χ1v) is 8.84. The minimum atomic E-state index is -0.439. The topological polar surface area (TPSA) is 75.5 Å². The molecule has 25 heavy (non-hydrogen) atoms. The summed E-state index contributed by atoms with van der Waals surface area (Å²) < 4.78 is 0. The summed E-state index contributed by atoms with van der Waals surface area (Å²) in [6.45, 7) is 6.43. The minimum absolute atomic E-state index is 0.0398. The summed E-state index contributed by atoms with van der Waals surface area (Å²) in [6, 6.07) is 14.1. The predicted octanol–water partition coefficient (Wildman–Crippen LogP) is 3.94. The van der Waals surface area contributed by atoms with E-state index < -0.39 is 4.92 Å². The van der Waals surface area contributed by atoms with Crippen LogP contribution < -0.4 is 10.4 Å². The molecule has 0 saturated carbocycles. The third-order valence-electron chi connectivity index (χ3n) is 3.64. The number of amides is 1. The van der Waals surface area contributed by atoms with Gasteiger partial charge >= 0.3 is 0 Å². The Kier molecular flexibility index (Phi) is 6.41. The van der Waals surface area contributed by atoms with Gasteiger partial charge in [-0.3, -0.25) is 25.3 Å². The van der Waals surface area contributed by atoms with Gasteiger partial charge in [0, 0.05) is 23.6 Å². The summed E-state index contributed by atoms with van der Waals surface area (Å²) in [5, 5.41) is 12.1. The normalized spacial score (nSPS) is 11.6. The van der Waals surface area contributed by atoms with Crippen molar-refractivity contribution >= 4 is 29.0 Å². The van der Waals surface area contributed by atoms with Gasteiger partial charge in [0.1, 0.15) is 0 Å². The van der Waals surface area contributed by atoms with Crippen LogP contribution >= 0.6 is 11.8 Å². The molecule has 0 spiro atoms. The fraction of sp³-hybridized carbons (Fsp3) is 0.278. The second kappa shape index (κ2) is 8.53. The molecular formula is C18H21N3O3S. The van der Waals surface area contributed by atoms with E-state index in [1.54, 1.807) is 17.1 Å². The van der Waals surface area contributed by atoms with Crippen LogP contribution in [0.3, 0.4) is 0 Å². The van der Waals surface area contributed by atoms with Gasteiger partial charge < -0.3 is 0 Å². The van der Waals surface area contributed by atoms with E-state index in [-0.39, 0.29) is 16.8 Å². The van der Waals surface area contributed by atoms with Crippen molar-refractivity contribution in [3.63, 3.8) is 0 Å². The van der Waals surface area contributed by atoms with Gasteiger partial charge in [-0.05, 0) is 45.0 Å². The number of benzene rings is 2. The lowest BCUT2D eigenvalue weighted by atomic mass is 10.2. The SMILES string of the molecule is CCN(NC(=O)[C@H](C)Sc1ccc([N+](=O)[O-])cc1)c1ccc(C)cc1. The van der Waals surface area contributed by atoms with Crippen LogP contribution in [0.5, 0.6) is 0 Å². The second-order valence-corrected chi connectivity index (χ2v) is 6.98. The van der Waals surface area contributed by atoms with Crippen LogP contribution in [0, 0.1) is 17.0 Å². The number of hydrazine groups is 1. The first kappa shape index (κ1) is 18.8. The number of carbonyl (C=O) groups is 1. The zero-order chi connectivity index (χ0) is 18.4. The zero-order valence-electron chi connectivity index (χ0n) is 14.4. The lowest BCUT2D eigenvalue weighted by Gasteiger charge is -2.25. The van der Waals surface area contributed by atoms with Gasteiger partial charge in [0.05, 0.1) is 15.9 Å². The van der Waals surface area contributed by atoms with Gasteiger partial charge in [-0.15, -0.1) is 11.8 Å². The molecule has 132 valence electrons. The summed E-state index contributed by atoms with van der Waals surface area (Å²) in [5.74, 6) is -0.120. The molecule has 0 saturated heterocycles. The number of nitro benzene ring substituents is 1. The Labute approximate surface area is 151 Å². The van der Waals surface area contributed by atoms with E-state index in [4.69, 9.17) is 0 Å². The maximum atomic E-state index is 12.5. The average Bonchev–Trinajstić information content (AvgIpc) is 2.60. The van der Waals surface area contributed by atoms with Crippen molar-refractivity contribution in [3.8, 4) is 0 Å². The number of hydrogen-bond acceptors (Lipinski definition) is 5. The Morgan fingerprint density at radius 2 is 1.80 bits per heavy atom. The maximum absolute atomic E-state index is 12.5. The lowest BCUT2D eigenvalue weighted by Crippen LogP contribution is -2.45. The van der Waals surface area contributed by atoms with Crippen LogP contribution in [0.2, 0.25) is 0 Å². The molecule has 0 radical (unpaired) electrons. The monoisotopic (exact) mass is 359 g/mol. The number of carbonyl (C=O) groups excluding carboxylic acids is 1. The summed E-state index contributed by atoms with van der Waals surface area (Å²) in [7, 11) is 0. The smallest absolute Gasteiger partial charge is 0.269 e. The maximum Gasteiger partial charge on any atom is 0.269 e. The highest BCUT2D eigenvalue weighted by Crippen LogP contribution is 2.25. The van der Waals surface area contributed by atoms with E-state index in [2.05, 4.69) is 5.43 Å². The van der Waals surface area contributed by atoms with Gasteiger partial charge in [-0.1, -0.05) is 17.7 Å². The Balaban J connectivity index is 1.98. The number of non-ortho nitro benzene ring substituents is 1. The highest BCUT2D eigenvalue weighted by atomic mass is 32.2. The highest BCUT2D eigenvalue weighted by Gasteiger charge is 2.17. The second-order valence-electron chi connectivity index (χ2n) is 5.57. The molecule has 2 aromatic rings. The Morgan fingerprint density at radius 3 is 2.32 bits per heavy atom. The van der Waals surface area contributed by atoms with Gasteiger partial charge in [0.15, 0.2) is 0 Å². The number of aryl methyl sites for hydroxylation is 1. The quantitative estimate of drug-likeness (QED) is 0.460. The van der Waals surface area contributed by atoms with Gasteiger partial charge in [-0.2, -0.15) is 0 Å². The van der Waals surface area contributed by atoms with Crippen LogP contribution in [0.25, 0.3) is 0 Å². The molecule has 2 aromatic carbocycles. The Bertz CT molecular complexity index is 732. The molecule has 0 aliphatic heterocycles. The molecule has 1 N–H and O–H groups in total. The molecule has 2 rings (SSSR count). The number of anilines is 1. The van der Waals surface area contributed by atoms with E-state index in [9.17, 15) is 14.9 Å². The third-order valence-corrected chi connectivity index (χ3v) is 4.75. The molecule has 0 aliphatic rings. The largest absolute Gasteiger partial charge is 0.286 e. The Hall–Kier alpha value is -2.54. The van der Waals surface area contributed by atoms with E-state index in [1.165, 1.54) is 23.9 Å². The molecule has 7 heteroatoms. The summed E-state index contributed by atoms with van der Waals surface area (Å²) in [4.78, 5) is 23.5. The van der Waals surface area contributed by atoms with E-state index >= 15 is 0 Å². The van der Waals surface area contributed by atoms with E-state index in [0.29, 0.717) is 6.54 Å². The van der Waals surface area contributed by atoms with Crippen LogP contribution in [0.15, 0.2) is 53.4 Å². The van der Waals surface area contributed by atoms with E-state index in [1.807, 2.05) is 45.0 Å². The molecule has 0 aliphatic carbocycles. The van der Waals surface area contributed by atoms with Crippen LogP contribution in [-0.4, -0.2) is 22.6 Å². The van der Waals surface area contributed by atoms with Crippen molar-refractivity contribution in [2.24, 2.45) is 0 Å². The van der Waals surface area contributed by atoms with Crippen LogP contribution in [0.4, 0.5) is 11.4 Å². The van der Waals surface area contributed by atoms with Crippen LogP contribution in [-0.2, 0) is 4.79 Å². The number of nitrogens with one attached hydrogen (secondary N) is 1. The zero-order valence-corrected chi connectivity index (χ0v) is 15.2. The molecule has 1 atom stereocenters. The fourth-order valence-electron chi connectivity index (χ4n) is 2.18. The predicted molar refractivity (Wildman–Crippen MR) is 101 cm³/mol. The molecule has 0 heterocycles. The average molecular weight is 359 g/mol. The minimum Gasteiger partial charge on any atom is -0.286 e. The summed E-state index contributed by atoms with van der Waals surface area (Å²) in [6.07, 6.45) is 0. The molecule has 0 aromatic heterocycles. The van der Waals surface area contributed by atoms with Crippen molar-refractivity contribution in [2.45, 2.75) is 30.9 Å². The molecule has 0 bridgehead atoms.